The highest BCUT2D eigenvalue weighted by molar-refractivity contribution is 9.10. The maximum Gasteiger partial charge on any atom is 0.340 e. The summed E-state index contributed by atoms with van der Waals surface area (Å²) >= 11 is 3.21. The van der Waals surface area contributed by atoms with Crippen molar-refractivity contribution in [3.63, 3.8) is 0 Å². The van der Waals surface area contributed by atoms with Crippen molar-refractivity contribution < 1.29 is 19.1 Å². The van der Waals surface area contributed by atoms with E-state index in [4.69, 9.17) is 4.74 Å². The van der Waals surface area contributed by atoms with Gasteiger partial charge < -0.3 is 15.4 Å². The van der Waals surface area contributed by atoms with Crippen LogP contribution in [0.5, 0.6) is 0 Å². The number of aryl methyl sites for hydroxylation is 2. The molecule has 0 spiro atoms. The smallest absolute Gasteiger partial charge is 0.340 e. The zero-order valence-electron chi connectivity index (χ0n) is 15.2. The van der Waals surface area contributed by atoms with E-state index < -0.39 is 18.0 Å². The zero-order chi connectivity index (χ0) is 20.0. The number of amides is 2. The Morgan fingerprint density at radius 2 is 1.85 bits per heavy atom. The average Bonchev–Trinajstić information content (AvgIpc) is 2.62. The summed E-state index contributed by atoms with van der Waals surface area (Å²) in [6.07, 6.45) is 1.82. The monoisotopic (exact) mass is 433 g/mol. The number of hydrogen-bond donors (Lipinski definition) is 2. The SMILES string of the molecule is Cc1cccc(C)c1NC(=O)CNC(=O)[C@@H](C)OC(=O)c1cncc(Br)c1. The van der Waals surface area contributed by atoms with Gasteiger partial charge in [-0.25, -0.2) is 4.79 Å². The Morgan fingerprint density at radius 3 is 2.48 bits per heavy atom. The van der Waals surface area contributed by atoms with Gasteiger partial charge in [0.2, 0.25) is 5.91 Å². The van der Waals surface area contributed by atoms with E-state index in [-0.39, 0.29) is 18.0 Å². The molecule has 0 fully saturated rings. The van der Waals surface area contributed by atoms with Gasteiger partial charge in [0.25, 0.3) is 5.91 Å². The van der Waals surface area contributed by atoms with Crippen LogP contribution in [0.1, 0.15) is 28.4 Å². The summed E-state index contributed by atoms with van der Waals surface area (Å²) in [5.74, 6) is -1.61. The van der Waals surface area contributed by atoms with Crippen LogP contribution in [-0.2, 0) is 14.3 Å². The predicted molar refractivity (Wildman–Crippen MR) is 104 cm³/mol. The summed E-state index contributed by atoms with van der Waals surface area (Å²) in [4.78, 5) is 40.0. The fraction of sp³-hybridized carbons (Fsp3) is 0.263. The number of anilines is 1. The third-order valence-electron chi connectivity index (χ3n) is 3.76. The summed E-state index contributed by atoms with van der Waals surface area (Å²) in [6.45, 7) is 4.98. The first-order chi connectivity index (χ1) is 12.8. The van der Waals surface area contributed by atoms with Crippen LogP contribution in [-0.4, -0.2) is 35.4 Å². The van der Waals surface area contributed by atoms with E-state index in [1.165, 1.54) is 25.4 Å². The number of nitrogens with zero attached hydrogens (tertiary/aromatic N) is 1. The van der Waals surface area contributed by atoms with E-state index in [9.17, 15) is 14.4 Å². The van der Waals surface area contributed by atoms with Crippen molar-refractivity contribution in [2.24, 2.45) is 0 Å². The van der Waals surface area contributed by atoms with Crippen LogP contribution >= 0.6 is 15.9 Å². The number of hydrogen-bond acceptors (Lipinski definition) is 5. The average molecular weight is 434 g/mol. The molecule has 1 heterocycles. The molecule has 0 bridgehead atoms. The van der Waals surface area contributed by atoms with Crippen LogP contribution < -0.4 is 10.6 Å². The highest BCUT2D eigenvalue weighted by Gasteiger charge is 2.20. The molecule has 0 radical (unpaired) electrons. The van der Waals surface area contributed by atoms with Crippen molar-refractivity contribution in [3.05, 3.63) is 57.8 Å². The van der Waals surface area contributed by atoms with Crippen LogP contribution in [0, 0.1) is 13.8 Å². The van der Waals surface area contributed by atoms with Crippen LogP contribution in [0.3, 0.4) is 0 Å². The summed E-state index contributed by atoms with van der Waals surface area (Å²) in [7, 11) is 0. The van der Waals surface area contributed by atoms with E-state index in [1.807, 2.05) is 32.0 Å². The highest BCUT2D eigenvalue weighted by atomic mass is 79.9. The first-order valence-electron chi connectivity index (χ1n) is 8.23. The number of carbonyl (C=O) groups excluding carboxylic acids is 3. The molecule has 1 aromatic carbocycles. The Hall–Kier alpha value is -2.74. The van der Waals surface area contributed by atoms with Crippen LogP contribution in [0.15, 0.2) is 41.1 Å². The number of esters is 1. The van der Waals surface area contributed by atoms with Gasteiger partial charge in [0.05, 0.1) is 12.1 Å². The molecular formula is C19H20BrN3O4. The van der Waals surface area contributed by atoms with Gasteiger partial charge in [0.15, 0.2) is 6.10 Å². The number of carbonyl (C=O) groups is 3. The standard InChI is InChI=1S/C19H20BrN3O4/c1-11-5-4-6-12(2)17(11)23-16(24)10-22-18(25)13(3)27-19(26)14-7-15(20)9-21-8-14/h4-9,13H,10H2,1-3H3,(H,22,25)(H,23,24)/t13-/m1/s1. The quantitative estimate of drug-likeness (QED) is 0.682. The number of para-hydroxylation sites is 1. The lowest BCUT2D eigenvalue weighted by Crippen LogP contribution is -2.40. The Bertz CT molecular complexity index is 850. The summed E-state index contributed by atoms with van der Waals surface area (Å²) < 4.78 is 5.72. The predicted octanol–water partition coefficient (Wildman–Crippen LogP) is 2.76. The topological polar surface area (TPSA) is 97.4 Å². The van der Waals surface area contributed by atoms with Gasteiger partial charge in [-0.2, -0.15) is 0 Å². The van der Waals surface area contributed by atoms with Crippen LogP contribution in [0.2, 0.25) is 0 Å². The molecular weight excluding hydrogens is 414 g/mol. The molecule has 0 saturated carbocycles. The van der Waals surface area contributed by atoms with Crippen LogP contribution in [0.25, 0.3) is 0 Å². The highest BCUT2D eigenvalue weighted by Crippen LogP contribution is 2.19. The first kappa shape index (κ1) is 20.6. The molecule has 7 nitrogen and oxygen atoms in total. The number of ether oxygens (including phenoxy) is 1. The van der Waals surface area contributed by atoms with Gasteiger partial charge in [-0.1, -0.05) is 18.2 Å². The van der Waals surface area contributed by atoms with Crippen molar-refractivity contribution in [2.45, 2.75) is 26.9 Å². The van der Waals surface area contributed by atoms with Gasteiger partial charge in [-0.05, 0) is 53.9 Å². The van der Waals surface area contributed by atoms with Gasteiger partial charge in [0, 0.05) is 22.6 Å². The van der Waals surface area contributed by atoms with Gasteiger partial charge in [0.1, 0.15) is 0 Å². The Labute approximate surface area is 165 Å². The number of pyridine rings is 1. The molecule has 0 aliphatic rings. The van der Waals surface area contributed by atoms with E-state index in [1.54, 1.807) is 0 Å². The molecule has 0 unspecified atom stereocenters. The number of rotatable bonds is 6. The number of halogens is 1. The summed E-state index contributed by atoms with van der Waals surface area (Å²) in [6, 6.07) is 7.22. The lowest BCUT2D eigenvalue weighted by Gasteiger charge is -2.14. The third-order valence-corrected chi connectivity index (χ3v) is 4.20. The van der Waals surface area contributed by atoms with E-state index in [0.29, 0.717) is 4.47 Å². The number of benzene rings is 1. The Kier molecular flexibility index (Phi) is 7.06. The molecule has 1 aromatic heterocycles. The first-order valence-corrected chi connectivity index (χ1v) is 9.02. The fourth-order valence-corrected chi connectivity index (χ4v) is 2.68. The Morgan fingerprint density at radius 1 is 1.19 bits per heavy atom. The second kappa shape index (κ2) is 9.27. The van der Waals surface area contributed by atoms with Crippen molar-refractivity contribution in [2.75, 3.05) is 11.9 Å². The Balaban J connectivity index is 1.85. The summed E-state index contributed by atoms with van der Waals surface area (Å²) in [5, 5.41) is 5.23. The van der Waals surface area contributed by atoms with Crippen molar-refractivity contribution in [1.29, 1.82) is 0 Å². The normalized spacial score (nSPS) is 11.4. The molecule has 1 atom stereocenters. The molecule has 27 heavy (non-hydrogen) atoms. The minimum atomic E-state index is -1.05. The van der Waals surface area contributed by atoms with E-state index in [2.05, 4.69) is 31.5 Å². The molecule has 8 heteroatoms. The lowest BCUT2D eigenvalue weighted by atomic mass is 10.1. The fourth-order valence-electron chi connectivity index (χ4n) is 2.31. The van der Waals surface area contributed by atoms with Crippen LogP contribution in [0.4, 0.5) is 5.69 Å². The maximum atomic E-state index is 12.1. The largest absolute Gasteiger partial charge is 0.449 e. The second-order valence-corrected chi connectivity index (χ2v) is 6.89. The molecule has 2 N–H and O–H groups in total. The molecule has 0 aliphatic heterocycles. The minimum absolute atomic E-state index is 0.219. The minimum Gasteiger partial charge on any atom is -0.449 e. The lowest BCUT2D eigenvalue weighted by molar-refractivity contribution is -0.130. The zero-order valence-corrected chi connectivity index (χ0v) is 16.8. The second-order valence-electron chi connectivity index (χ2n) is 5.97. The van der Waals surface area contributed by atoms with Gasteiger partial charge >= 0.3 is 5.97 Å². The molecule has 0 aliphatic carbocycles. The maximum absolute atomic E-state index is 12.1. The third kappa shape index (κ3) is 5.89. The molecule has 2 rings (SSSR count). The molecule has 2 amide bonds. The van der Waals surface area contributed by atoms with Crippen molar-refractivity contribution in [1.82, 2.24) is 10.3 Å². The van der Waals surface area contributed by atoms with Crippen molar-refractivity contribution >= 4 is 39.4 Å². The molecule has 142 valence electrons. The van der Waals surface area contributed by atoms with E-state index >= 15 is 0 Å². The number of nitrogens with one attached hydrogen (secondary N) is 2. The van der Waals surface area contributed by atoms with Gasteiger partial charge in [-0.3, -0.25) is 14.6 Å². The number of aromatic nitrogens is 1. The van der Waals surface area contributed by atoms with E-state index in [0.717, 1.165) is 16.8 Å². The van der Waals surface area contributed by atoms with Crippen molar-refractivity contribution in [3.8, 4) is 0 Å². The van der Waals surface area contributed by atoms with Gasteiger partial charge in [-0.15, -0.1) is 0 Å². The molecule has 2 aromatic rings. The summed E-state index contributed by atoms with van der Waals surface area (Å²) in [5.41, 5.74) is 2.80. The molecule has 0 saturated heterocycles.